The highest BCUT2D eigenvalue weighted by molar-refractivity contribution is 9.10. The van der Waals surface area contributed by atoms with Crippen LogP contribution in [0.15, 0.2) is 41.1 Å². The van der Waals surface area contributed by atoms with Crippen molar-refractivity contribution in [2.45, 2.75) is 13.0 Å². The van der Waals surface area contributed by atoms with Crippen molar-refractivity contribution in [3.05, 3.63) is 58.1 Å². The molecule has 0 atom stereocenters. The molecule has 3 rings (SSSR count). The van der Waals surface area contributed by atoms with Gasteiger partial charge in [-0.2, -0.15) is 0 Å². The summed E-state index contributed by atoms with van der Waals surface area (Å²) in [6.07, 6.45) is 2.60. The lowest BCUT2D eigenvalue weighted by molar-refractivity contribution is 0.0727. The molecule has 1 amide bonds. The lowest BCUT2D eigenvalue weighted by atomic mass is 10.1. The van der Waals surface area contributed by atoms with Crippen molar-refractivity contribution in [1.29, 1.82) is 0 Å². The van der Waals surface area contributed by atoms with Crippen LogP contribution in [0.3, 0.4) is 0 Å². The smallest absolute Gasteiger partial charge is 0.272 e. The second-order valence-electron chi connectivity index (χ2n) is 4.43. The number of amides is 1. The number of nitrogens with zero attached hydrogens (tertiary/aromatic N) is 3. The molecule has 1 aliphatic rings. The standard InChI is InChI=1S/C14H12BrN3O/c15-13-5-1-4-12(17-13)14(19)18-8-6-11-10(9-18)3-2-7-16-11/h1-5,7H,6,8-9H2. The molecule has 0 saturated carbocycles. The summed E-state index contributed by atoms with van der Waals surface area (Å²) in [6, 6.07) is 9.31. The fraction of sp³-hybridized carbons (Fsp3) is 0.214. The Bertz CT molecular complexity index is 630. The fourth-order valence-corrected chi connectivity index (χ4v) is 2.57. The van der Waals surface area contributed by atoms with Crippen molar-refractivity contribution in [2.24, 2.45) is 0 Å². The molecule has 4 nitrogen and oxygen atoms in total. The predicted octanol–water partition coefficient (Wildman–Crippen LogP) is 2.44. The Kier molecular flexibility index (Phi) is 3.29. The Morgan fingerprint density at radius 1 is 1.26 bits per heavy atom. The number of fused-ring (bicyclic) bond motifs is 1. The number of rotatable bonds is 1. The first-order chi connectivity index (χ1) is 9.24. The van der Waals surface area contributed by atoms with Gasteiger partial charge >= 0.3 is 0 Å². The van der Waals surface area contributed by atoms with Gasteiger partial charge in [-0.05, 0) is 39.7 Å². The van der Waals surface area contributed by atoms with Gasteiger partial charge in [0.05, 0.1) is 0 Å². The molecular weight excluding hydrogens is 306 g/mol. The monoisotopic (exact) mass is 317 g/mol. The maximum absolute atomic E-state index is 12.4. The molecule has 0 aromatic carbocycles. The summed E-state index contributed by atoms with van der Waals surface area (Å²) in [5, 5.41) is 0. The Hall–Kier alpha value is -1.75. The van der Waals surface area contributed by atoms with E-state index in [0.29, 0.717) is 23.4 Å². The Labute approximate surface area is 119 Å². The van der Waals surface area contributed by atoms with Crippen molar-refractivity contribution in [3.63, 3.8) is 0 Å². The topological polar surface area (TPSA) is 46.1 Å². The molecule has 0 bridgehead atoms. The highest BCUT2D eigenvalue weighted by Crippen LogP contribution is 2.18. The maximum atomic E-state index is 12.4. The fourth-order valence-electron chi connectivity index (χ4n) is 2.23. The van der Waals surface area contributed by atoms with Crippen LogP contribution in [-0.2, 0) is 13.0 Å². The number of pyridine rings is 2. The lowest BCUT2D eigenvalue weighted by Gasteiger charge is -2.27. The molecule has 0 spiro atoms. The molecule has 5 heteroatoms. The van der Waals surface area contributed by atoms with Gasteiger partial charge in [0.25, 0.3) is 5.91 Å². The minimum Gasteiger partial charge on any atom is -0.333 e. The average molecular weight is 318 g/mol. The van der Waals surface area contributed by atoms with E-state index in [1.165, 1.54) is 0 Å². The zero-order valence-electron chi connectivity index (χ0n) is 10.2. The summed E-state index contributed by atoms with van der Waals surface area (Å²) < 4.78 is 0.678. The summed E-state index contributed by atoms with van der Waals surface area (Å²) in [5.74, 6) is -0.0317. The highest BCUT2D eigenvalue weighted by atomic mass is 79.9. The van der Waals surface area contributed by atoms with Crippen LogP contribution < -0.4 is 0 Å². The average Bonchev–Trinajstić information content (AvgIpc) is 2.46. The summed E-state index contributed by atoms with van der Waals surface area (Å²) in [5.41, 5.74) is 2.69. The van der Waals surface area contributed by atoms with Crippen LogP contribution in [0.1, 0.15) is 21.7 Å². The number of halogens is 1. The van der Waals surface area contributed by atoms with Gasteiger partial charge in [0.2, 0.25) is 0 Å². The van der Waals surface area contributed by atoms with Crippen LogP contribution in [-0.4, -0.2) is 27.3 Å². The molecule has 96 valence electrons. The SMILES string of the molecule is O=C(c1cccc(Br)n1)N1CCc2ncccc2C1. The zero-order chi connectivity index (χ0) is 13.2. The van der Waals surface area contributed by atoms with Gasteiger partial charge in [-0.15, -0.1) is 0 Å². The van der Waals surface area contributed by atoms with Crippen LogP contribution in [0.25, 0.3) is 0 Å². The molecule has 0 fully saturated rings. The van der Waals surface area contributed by atoms with Crippen molar-refractivity contribution in [2.75, 3.05) is 6.54 Å². The number of aromatic nitrogens is 2. The second-order valence-corrected chi connectivity index (χ2v) is 5.24. The van der Waals surface area contributed by atoms with E-state index in [9.17, 15) is 4.79 Å². The normalized spacial score (nSPS) is 14.1. The first-order valence-corrected chi connectivity index (χ1v) is 6.88. The Morgan fingerprint density at radius 2 is 2.16 bits per heavy atom. The number of carbonyl (C=O) groups is 1. The van der Waals surface area contributed by atoms with E-state index >= 15 is 0 Å². The largest absolute Gasteiger partial charge is 0.333 e. The van der Waals surface area contributed by atoms with E-state index in [1.54, 1.807) is 12.3 Å². The third kappa shape index (κ3) is 2.51. The molecule has 0 unspecified atom stereocenters. The number of hydrogen-bond acceptors (Lipinski definition) is 3. The third-order valence-electron chi connectivity index (χ3n) is 3.19. The quantitative estimate of drug-likeness (QED) is 0.759. The minimum atomic E-state index is -0.0317. The molecule has 3 heterocycles. The molecule has 19 heavy (non-hydrogen) atoms. The first-order valence-electron chi connectivity index (χ1n) is 6.08. The van der Waals surface area contributed by atoms with Crippen molar-refractivity contribution in [3.8, 4) is 0 Å². The van der Waals surface area contributed by atoms with E-state index in [4.69, 9.17) is 0 Å². The third-order valence-corrected chi connectivity index (χ3v) is 3.63. The number of hydrogen-bond donors (Lipinski definition) is 0. The van der Waals surface area contributed by atoms with E-state index < -0.39 is 0 Å². The summed E-state index contributed by atoms with van der Waals surface area (Å²) in [4.78, 5) is 22.8. The molecular formula is C14H12BrN3O. The van der Waals surface area contributed by atoms with E-state index in [2.05, 4.69) is 25.9 Å². The van der Waals surface area contributed by atoms with Crippen LogP contribution in [0.2, 0.25) is 0 Å². The van der Waals surface area contributed by atoms with Crippen molar-refractivity contribution >= 4 is 21.8 Å². The molecule has 2 aromatic heterocycles. The molecule has 0 saturated heterocycles. The molecule has 0 aliphatic carbocycles. The maximum Gasteiger partial charge on any atom is 0.272 e. The van der Waals surface area contributed by atoms with Crippen molar-refractivity contribution in [1.82, 2.24) is 14.9 Å². The van der Waals surface area contributed by atoms with Gasteiger partial charge < -0.3 is 4.90 Å². The van der Waals surface area contributed by atoms with Gasteiger partial charge in [0.15, 0.2) is 0 Å². The molecule has 2 aromatic rings. The zero-order valence-corrected chi connectivity index (χ0v) is 11.8. The van der Waals surface area contributed by atoms with Gasteiger partial charge in [-0.1, -0.05) is 12.1 Å². The van der Waals surface area contributed by atoms with E-state index in [-0.39, 0.29) is 5.91 Å². The Balaban J connectivity index is 1.83. The van der Waals surface area contributed by atoms with Crippen LogP contribution in [0.4, 0.5) is 0 Å². The van der Waals surface area contributed by atoms with Crippen LogP contribution in [0, 0.1) is 0 Å². The molecule has 1 aliphatic heterocycles. The summed E-state index contributed by atoms with van der Waals surface area (Å²) >= 11 is 3.29. The van der Waals surface area contributed by atoms with E-state index in [0.717, 1.165) is 17.7 Å². The van der Waals surface area contributed by atoms with Crippen molar-refractivity contribution < 1.29 is 4.79 Å². The van der Waals surface area contributed by atoms with E-state index in [1.807, 2.05) is 29.2 Å². The van der Waals surface area contributed by atoms with Gasteiger partial charge in [0, 0.05) is 31.4 Å². The van der Waals surface area contributed by atoms with Crippen LogP contribution >= 0.6 is 15.9 Å². The number of carbonyl (C=O) groups excluding carboxylic acids is 1. The van der Waals surface area contributed by atoms with Crippen LogP contribution in [0.5, 0.6) is 0 Å². The summed E-state index contributed by atoms with van der Waals surface area (Å²) in [7, 11) is 0. The van der Waals surface area contributed by atoms with Gasteiger partial charge in [-0.25, -0.2) is 4.98 Å². The highest BCUT2D eigenvalue weighted by Gasteiger charge is 2.22. The first kappa shape index (κ1) is 12.3. The Morgan fingerprint density at radius 3 is 3.00 bits per heavy atom. The van der Waals surface area contributed by atoms with Gasteiger partial charge in [0.1, 0.15) is 10.3 Å². The molecule has 0 radical (unpaired) electrons. The second kappa shape index (κ2) is 5.09. The van der Waals surface area contributed by atoms with Gasteiger partial charge in [-0.3, -0.25) is 9.78 Å². The minimum absolute atomic E-state index is 0.0317. The summed E-state index contributed by atoms with van der Waals surface area (Å²) in [6.45, 7) is 1.30. The lowest BCUT2D eigenvalue weighted by Crippen LogP contribution is -2.36. The molecule has 0 N–H and O–H groups in total. The predicted molar refractivity (Wildman–Crippen MR) is 74.6 cm³/mol.